The summed E-state index contributed by atoms with van der Waals surface area (Å²) in [6, 6.07) is 0.440. The molecule has 1 aliphatic rings. The van der Waals surface area contributed by atoms with E-state index in [1.54, 1.807) is 0 Å². The number of rotatable bonds is 5. The minimum Gasteiger partial charge on any atom is -0.396 e. The summed E-state index contributed by atoms with van der Waals surface area (Å²) in [6.45, 7) is 8.48. The van der Waals surface area contributed by atoms with Crippen molar-refractivity contribution < 1.29 is 5.11 Å². The fourth-order valence-electron chi connectivity index (χ4n) is 3.10. The molecule has 0 spiro atoms. The number of likely N-dealkylation sites (tertiary alicyclic amines) is 1. The third-order valence-electron chi connectivity index (χ3n) is 4.47. The third kappa shape index (κ3) is 3.40. The van der Waals surface area contributed by atoms with Crippen LogP contribution in [0, 0.1) is 12.8 Å². The molecule has 1 fully saturated rings. The summed E-state index contributed by atoms with van der Waals surface area (Å²) in [5.74, 6) is 0.403. The van der Waals surface area contributed by atoms with Gasteiger partial charge in [0.1, 0.15) is 0 Å². The van der Waals surface area contributed by atoms with E-state index in [2.05, 4.69) is 49.0 Å². The highest BCUT2D eigenvalue weighted by molar-refractivity contribution is 5.15. The van der Waals surface area contributed by atoms with Crippen LogP contribution in [-0.4, -0.2) is 64.5 Å². The van der Waals surface area contributed by atoms with Crippen molar-refractivity contribution in [2.24, 2.45) is 5.92 Å². The van der Waals surface area contributed by atoms with E-state index in [4.69, 9.17) is 0 Å². The lowest BCUT2D eigenvalue weighted by Crippen LogP contribution is -2.51. The summed E-state index contributed by atoms with van der Waals surface area (Å²) in [4.78, 5) is 4.73. The number of likely N-dealkylation sites (N-methyl/N-ethyl adjacent to an activating group) is 1. The predicted molar refractivity (Wildman–Crippen MR) is 80.6 cm³/mol. The smallest absolute Gasteiger partial charge is 0.0638 e. The molecule has 2 heterocycles. The molecule has 0 aromatic carbocycles. The SMILES string of the molecule is CCn1cc(CN2CC[C@H](CO)[C@H](N(C)C)C2)c(C)n1. The molecule has 1 N–H and O–H groups in total. The van der Waals surface area contributed by atoms with Crippen LogP contribution in [0.25, 0.3) is 0 Å². The lowest BCUT2D eigenvalue weighted by Gasteiger charge is -2.41. The van der Waals surface area contributed by atoms with E-state index in [-0.39, 0.29) is 0 Å². The van der Waals surface area contributed by atoms with Crippen molar-refractivity contribution in [3.63, 3.8) is 0 Å². The molecule has 0 aliphatic carbocycles. The van der Waals surface area contributed by atoms with Gasteiger partial charge in [-0.1, -0.05) is 0 Å². The van der Waals surface area contributed by atoms with Gasteiger partial charge in [0.05, 0.1) is 5.69 Å². The summed E-state index contributed by atoms with van der Waals surface area (Å²) in [7, 11) is 4.22. The molecular weight excluding hydrogens is 252 g/mol. The quantitative estimate of drug-likeness (QED) is 0.872. The summed E-state index contributed by atoms with van der Waals surface area (Å²) < 4.78 is 2.01. The Morgan fingerprint density at radius 1 is 1.45 bits per heavy atom. The topological polar surface area (TPSA) is 44.5 Å². The number of piperidine rings is 1. The predicted octanol–water partition coefficient (Wildman–Crippen LogP) is 0.956. The maximum atomic E-state index is 9.51. The largest absolute Gasteiger partial charge is 0.396 e. The number of hydrogen-bond acceptors (Lipinski definition) is 4. The van der Waals surface area contributed by atoms with Gasteiger partial charge in [-0.25, -0.2) is 0 Å². The maximum Gasteiger partial charge on any atom is 0.0638 e. The molecule has 0 radical (unpaired) electrons. The van der Waals surface area contributed by atoms with Crippen LogP contribution in [0.3, 0.4) is 0 Å². The lowest BCUT2D eigenvalue weighted by atomic mass is 9.91. The molecule has 1 aliphatic heterocycles. The molecule has 1 aromatic rings. The van der Waals surface area contributed by atoms with Gasteiger partial charge in [0.25, 0.3) is 0 Å². The van der Waals surface area contributed by atoms with Crippen molar-refractivity contribution in [1.29, 1.82) is 0 Å². The van der Waals surface area contributed by atoms with Crippen molar-refractivity contribution in [2.75, 3.05) is 33.8 Å². The highest BCUT2D eigenvalue weighted by Crippen LogP contribution is 2.22. The molecule has 0 unspecified atom stereocenters. The summed E-state index contributed by atoms with van der Waals surface area (Å²) >= 11 is 0. The van der Waals surface area contributed by atoms with Crippen molar-refractivity contribution in [3.05, 3.63) is 17.5 Å². The Hall–Kier alpha value is -0.910. The molecule has 0 amide bonds. The minimum absolute atomic E-state index is 0.295. The second-order valence-corrected chi connectivity index (χ2v) is 6.09. The average molecular weight is 280 g/mol. The van der Waals surface area contributed by atoms with E-state index in [1.165, 1.54) is 5.56 Å². The molecular formula is C15H28N4O. The van der Waals surface area contributed by atoms with Crippen LogP contribution in [0.2, 0.25) is 0 Å². The Morgan fingerprint density at radius 3 is 2.75 bits per heavy atom. The number of hydrogen-bond donors (Lipinski definition) is 1. The first-order chi connectivity index (χ1) is 9.55. The number of aromatic nitrogens is 2. The van der Waals surface area contributed by atoms with E-state index < -0.39 is 0 Å². The Balaban J connectivity index is 2.01. The van der Waals surface area contributed by atoms with Crippen LogP contribution < -0.4 is 0 Å². The molecule has 0 saturated carbocycles. The summed E-state index contributed by atoms with van der Waals surface area (Å²) in [5, 5.41) is 14.0. The van der Waals surface area contributed by atoms with Crippen LogP contribution >= 0.6 is 0 Å². The van der Waals surface area contributed by atoms with Crippen molar-refractivity contribution in [1.82, 2.24) is 19.6 Å². The zero-order valence-electron chi connectivity index (χ0n) is 13.2. The molecule has 5 nitrogen and oxygen atoms in total. The molecule has 0 bridgehead atoms. The van der Waals surface area contributed by atoms with Gasteiger partial charge in [-0.15, -0.1) is 0 Å². The highest BCUT2D eigenvalue weighted by atomic mass is 16.3. The average Bonchev–Trinajstić information content (AvgIpc) is 2.79. The first-order valence-corrected chi connectivity index (χ1v) is 7.57. The van der Waals surface area contributed by atoms with Crippen LogP contribution in [-0.2, 0) is 13.1 Å². The van der Waals surface area contributed by atoms with Gasteiger partial charge < -0.3 is 10.0 Å². The lowest BCUT2D eigenvalue weighted by molar-refractivity contribution is 0.0460. The monoisotopic (exact) mass is 280 g/mol. The molecule has 114 valence electrons. The Morgan fingerprint density at radius 2 is 2.20 bits per heavy atom. The van der Waals surface area contributed by atoms with Gasteiger partial charge in [0, 0.05) is 44.0 Å². The standard InChI is InChI=1S/C15H28N4O/c1-5-19-9-14(12(2)16-19)8-18-7-6-13(11-20)15(10-18)17(3)4/h9,13,15,20H,5-8,10-11H2,1-4H3/t13-,15-/m1/s1. The fourth-order valence-corrected chi connectivity index (χ4v) is 3.10. The van der Waals surface area contributed by atoms with E-state index in [0.29, 0.717) is 18.6 Å². The Kier molecular flexibility index (Phi) is 5.18. The first kappa shape index (κ1) is 15.5. The molecule has 5 heteroatoms. The number of aliphatic hydroxyl groups is 1. The van der Waals surface area contributed by atoms with Crippen molar-refractivity contribution in [2.45, 2.75) is 39.4 Å². The van der Waals surface area contributed by atoms with E-state index in [1.807, 2.05) is 4.68 Å². The van der Waals surface area contributed by atoms with E-state index in [9.17, 15) is 5.11 Å². The highest BCUT2D eigenvalue weighted by Gasteiger charge is 2.30. The summed E-state index contributed by atoms with van der Waals surface area (Å²) in [6.07, 6.45) is 3.23. The minimum atomic E-state index is 0.295. The maximum absolute atomic E-state index is 9.51. The summed E-state index contributed by atoms with van der Waals surface area (Å²) in [5.41, 5.74) is 2.46. The molecule has 2 rings (SSSR count). The van der Waals surface area contributed by atoms with E-state index in [0.717, 1.165) is 38.3 Å². The van der Waals surface area contributed by atoms with Crippen molar-refractivity contribution >= 4 is 0 Å². The number of nitrogens with zero attached hydrogens (tertiary/aromatic N) is 4. The normalized spacial score (nSPS) is 24.5. The molecule has 20 heavy (non-hydrogen) atoms. The van der Waals surface area contributed by atoms with Gasteiger partial charge in [-0.05, 0) is 46.8 Å². The fraction of sp³-hybridized carbons (Fsp3) is 0.800. The second kappa shape index (κ2) is 6.70. The van der Waals surface area contributed by atoms with Crippen LogP contribution in [0.15, 0.2) is 6.20 Å². The van der Waals surface area contributed by atoms with Crippen LogP contribution in [0.5, 0.6) is 0 Å². The van der Waals surface area contributed by atoms with Gasteiger partial charge in [0.2, 0.25) is 0 Å². The Bertz CT molecular complexity index is 430. The first-order valence-electron chi connectivity index (χ1n) is 7.57. The third-order valence-corrected chi connectivity index (χ3v) is 4.47. The zero-order chi connectivity index (χ0) is 14.7. The zero-order valence-corrected chi connectivity index (χ0v) is 13.2. The molecule has 1 aromatic heterocycles. The molecule has 2 atom stereocenters. The van der Waals surface area contributed by atoms with Gasteiger partial charge in [-0.3, -0.25) is 9.58 Å². The van der Waals surface area contributed by atoms with Crippen LogP contribution in [0.4, 0.5) is 0 Å². The van der Waals surface area contributed by atoms with Gasteiger partial charge >= 0.3 is 0 Å². The Labute approximate surface area is 122 Å². The van der Waals surface area contributed by atoms with Gasteiger partial charge in [0.15, 0.2) is 0 Å². The van der Waals surface area contributed by atoms with Gasteiger partial charge in [-0.2, -0.15) is 5.10 Å². The van der Waals surface area contributed by atoms with Crippen molar-refractivity contribution in [3.8, 4) is 0 Å². The second-order valence-electron chi connectivity index (χ2n) is 6.09. The number of aliphatic hydroxyl groups excluding tert-OH is 1. The molecule has 1 saturated heterocycles. The number of aryl methyl sites for hydroxylation is 2. The van der Waals surface area contributed by atoms with Crippen LogP contribution in [0.1, 0.15) is 24.6 Å². The van der Waals surface area contributed by atoms with E-state index >= 15 is 0 Å².